The van der Waals surface area contributed by atoms with Crippen molar-refractivity contribution < 1.29 is 14.3 Å². The van der Waals surface area contributed by atoms with Crippen LogP contribution >= 0.6 is 0 Å². The second-order valence-corrected chi connectivity index (χ2v) is 3.66. The van der Waals surface area contributed by atoms with Gasteiger partial charge < -0.3 is 14.8 Å². The fourth-order valence-electron chi connectivity index (χ4n) is 1.68. The minimum Gasteiger partial charge on any atom is -0.364 e. The van der Waals surface area contributed by atoms with Crippen molar-refractivity contribution in [2.75, 3.05) is 54.7 Å². The molecular weight excluding hydrogens is 212 g/mol. The number of methoxy groups -OCH3 is 2. The molecule has 0 bridgehead atoms. The van der Waals surface area contributed by atoms with Crippen molar-refractivity contribution in [3.63, 3.8) is 0 Å². The molecule has 0 spiro atoms. The van der Waals surface area contributed by atoms with Crippen molar-refractivity contribution in [1.82, 2.24) is 20.0 Å². The van der Waals surface area contributed by atoms with Crippen LogP contribution in [0.4, 0.5) is 4.79 Å². The summed E-state index contributed by atoms with van der Waals surface area (Å²) in [4.78, 5) is 17.2. The molecule has 1 saturated heterocycles. The summed E-state index contributed by atoms with van der Waals surface area (Å²) in [5.74, 6) is 0. The van der Waals surface area contributed by atoms with Gasteiger partial charge in [0.15, 0.2) is 0 Å². The molecule has 0 aromatic rings. The molecule has 1 N–H and O–H groups in total. The van der Waals surface area contributed by atoms with E-state index in [0.29, 0.717) is 33.5 Å². The van der Waals surface area contributed by atoms with Gasteiger partial charge in [-0.1, -0.05) is 0 Å². The zero-order valence-corrected chi connectivity index (χ0v) is 10.1. The Morgan fingerprint density at radius 1 is 1.19 bits per heavy atom. The lowest BCUT2D eigenvalue weighted by Gasteiger charge is -2.41. The molecule has 7 heteroatoms. The highest BCUT2D eigenvalue weighted by Crippen LogP contribution is 2.09. The van der Waals surface area contributed by atoms with Gasteiger partial charge in [0.1, 0.15) is 13.5 Å². The molecule has 7 nitrogen and oxygen atoms in total. The maximum atomic E-state index is 11.9. The van der Waals surface area contributed by atoms with Crippen molar-refractivity contribution in [2.45, 2.75) is 0 Å². The Morgan fingerprint density at radius 3 is 2.06 bits per heavy atom. The lowest BCUT2D eigenvalue weighted by atomic mass is 10.5. The predicted octanol–water partition coefficient (Wildman–Crippen LogP) is -0.674. The van der Waals surface area contributed by atoms with Gasteiger partial charge in [0.05, 0.1) is 20.0 Å². The molecule has 1 aliphatic heterocycles. The number of hydrogen-bond donors (Lipinski definition) is 1. The van der Waals surface area contributed by atoms with E-state index in [1.807, 2.05) is 7.05 Å². The molecule has 1 fully saturated rings. The fourth-order valence-corrected chi connectivity index (χ4v) is 1.68. The van der Waals surface area contributed by atoms with Crippen LogP contribution in [0, 0.1) is 0 Å². The maximum absolute atomic E-state index is 11.9. The lowest BCUT2D eigenvalue weighted by molar-refractivity contribution is -0.0444. The third-order valence-electron chi connectivity index (χ3n) is 2.23. The third kappa shape index (κ3) is 3.31. The molecule has 0 radical (unpaired) electrons. The van der Waals surface area contributed by atoms with Crippen molar-refractivity contribution in [3.05, 3.63) is 0 Å². The maximum Gasteiger partial charge on any atom is 0.325 e. The minimum atomic E-state index is -0.0592. The number of ether oxygens (including phenoxy) is 2. The van der Waals surface area contributed by atoms with Gasteiger partial charge in [-0.25, -0.2) is 4.79 Å². The molecule has 0 aromatic carbocycles. The highest BCUT2D eigenvalue weighted by molar-refractivity contribution is 5.74. The summed E-state index contributed by atoms with van der Waals surface area (Å²) in [5.41, 5.74) is 0. The van der Waals surface area contributed by atoms with Crippen LogP contribution in [0.1, 0.15) is 0 Å². The van der Waals surface area contributed by atoms with E-state index in [1.165, 1.54) is 0 Å². The van der Waals surface area contributed by atoms with Crippen molar-refractivity contribution in [1.29, 1.82) is 0 Å². The Hall–Kier alpha value is -0.890. The second-order valence-electron chi connectivity index (χ2n) is 3.66. The monoisotopic (exact) mass is 232 g/mol. The quantitative estimate of drug-likeness (QED) is 0.658. The van der Waals surface area contributed by atoms with E-state index in [4.69, 9.17) is 9.47 Å². The molecule has 1 aliphatic rings. The average molecular weight is 232 g/mol. The van der Waals surface area contributed by atoms with Crippen LogP contribution in [0.5, 0.6) is 0 Å². The molecule has 0 unspecified atom stereocenters. The Balaban J connectivity index is 2.59. The molecule has 1 rings (SSSR count). The highest BCUT2D eigenvalue weighted by atomic mass is 16.5. The molecule has 0 saturated carbocycles. The Labute approximate surface area is 95.9 Å². The van der Waals surface area contributed by atoms with E-state index < -0.39 is 0 Å². The van der Waals surface area contributed by atoms with Crippen LogP contribution in [-0.4, -0.2) is 75.5 Å². The predicted molar refractivity (Wildman–Crippen MR) is 58.3 cm³/mol. The molecule has 0 atom stereocenters. The molecule has 1 heterocycles. The Kier molecular flexibility index (Phi) is 5.47. The van der Waals surface area contributed by atoms with Gasteiger partial charge in [0, 0.05) is 14.2 Å². The van der Waals surface area contributed by atoms with Gasteiger partial charge in [0.25, 0.3) is 0 Å². The van der Waals surface area contributed by atoms with Crippen LogP contribution < -0.4 is 5.32 Å². The summed E-state index contributed by atoms with van der Waals surface area (Å²) in [6.45, 7) is 2.42. The number of urea groups is 1. The standard InChI is InChI=1S/C9H20N4O3/c1-10-4-11-5-12(7-15-2)9(14)13(6-11)8-16-3/h10H,4-8H2,1-3H3. The smallest absolute Gasteiger partial charge is 0.325 e. The number of nitrogens with one attached hydrogen (secondary N) is 1. The summed E-state index contributed by atoms with van der Waals surface area (Å²) < 4.78 is 9.99. The minimum absolute atomic E-state index is 0.0592. The molecule has 0 aromatic heterocycles. The zero-order valence-electron chi connectivity index (χ0n) is 10.1. The first-order valence-electron chi connectivity index (χ1n) is 5.11. The van der Waals surface area contributed by atoms with E-state index in [0.717, 1.165) is 0 Å². The number of carbonyl (C=O) groups excluding carboxylic acids is 1. The third-order valence-corrected chi connectivity index (χ3v) is 2.23. The van der Waals surface area contributed by atoms with Crippen molar-refractivity contribution in [2.24, 2.45) is 0 Å². The molecule has 16 heavy (non-hydrogen) atoms. The number of hydrogen-bond acceptors (Lipinski definition) is 5. The second kappa shape index (κ2) is 6.64. The summed E-state index contributed by atoms with van der Waals surface area (Å²) in [7, 11) is 5.02. The van der Waals surface area contributed by atoms with Crippen LogP contribution in [0.15, 0.2) is 0 Å². The average Bonchev–Trinajstić information content (AvgIpc) is 2.26. The molecule has 0 aliphatic carbocycles. The van der Waals surface area contributed by atoms with Crippen molar-refractivity contribution in [3.8, 4) is 0 Å². The van der Waals surface area contributed by atoms with Gasteiger partial charge in [0.2, 0.25) is 0 Å². The fraction of sp³-hybridized carbons (Fsp3) is 0.889. The van der Waals surface area contributed by atoms with E-state index in [1.54, 1.807) is 24.0 Å². The van der Waals surface area contributed by atoms with E-state index >= 15 is 0 Å². The lowest BCUT2D eigenvalue weighted by Crippen LogP contribution is -2.59. The Bertz CT molecular complexity index is 209. The van der Waals surface area contributed by atoms with Crippen LogP contribution in [0.25, 0.3) is 0 Å². The van der Waals surface area contributed by atoms with E-state index in [-0.39, 0.29) is 6.03 Å². The van der Waals surface area contributed by atoms with Crippen LogP contribution in [-0.2, 0) is 9.47 Å². The van der Waals surface area contributed by atoms with Gasteiger partial charge in [-0.2, -0.15) is 0 Å². The first kappa shape index (κ1) is 13.2. The number of carbonyl (C=O) groups is 1. The van der Waals surface area contributed by atoms with Gasteiger partial charge in [-0.05, 0) is 7.05 Å². The Morgan fingerprint density at radius 2 is 1.69 bits per heavy atom. The SMILES string of the molecule is CNCN1CN(COC)C(=O)N(COC)C1. The first-order chi connectivity index (χ1) is 7.72. The normalized spacial score (nSPS) is 18.3. The van der Waals surface area contributed by atoms with Crippen LogP contribution in [0.3, 0.4) is 0 Å². The molecule has 94 valence electrons. The first-order valence-corrected chi connectivity index (χ1v) is 5.11. The van der Waals surface area contributed by atoms with Crippen molar-refractivity contribution >= 4 is 6.03 Å². The van der Waals surface area contributed by atoms with E-state index in [9.17, 15) is 4.79 Å². The largest absolute Gasteiger partial charge is 0.364 e. The summed E-state index contributed by atoms with van der Waals surface area (Å²) in [6.07, 6.45) is 0. The topological polar surface area (TPSA) is 57.3 Å². The number of amides is 2. The number of nitrogens with zero attached hydrogens (tertiary/aromatic N) is 3. The summed E-state index contributed by atoms with van der Waals surface area (Å²) in [5, 5.41) is 3.06. The molecular formula is C9H20N4O3. The number of rotatable bonds is 6. The molecule has 2 amide bonds. The van der Waals surface area contributed by atoms with Gasteiger partial charge in [-0.15, -0.1) is 0 Å². The van der Waals surface area contributed by atoms with Gasteiger partial charge in [-0.3, -0.25) is 14.7 Å². The van der Waals surface area contributed by atoms with Crippen LogP contribution in [0.2, 0.25) is 0 Å². The van der Waals surface area contributed by atoms with E-state index in [2.05, 4.69) is 10.2 Å². The highest BCUT2D eigenvalue weighted by Gasteiger charge is 2.29. The zero-order chi connectivity index (χ0) is 12.0. The summed E-state index contributed by atoms with van der Waals surface area (Å²) in [6, 6.07) is -0.0592. The van der Waals surface area contributed by atoms with Gasteiger partial charge >= 0.3 is 6.03 Å². The summed E-state index contributed by atoms with van der Waals surface area (Å²) >= 11 is 0.